The molecule has 0 spiro atoms. The largest absolute Gasteiger partial charge is 0.489 e. The molecule has 0 N–H and O–H groups in total. The predicted octanol–water partition coefficient (Wildman–Crippen LogP) is 3.19. The molecule has 0 unspecified atom stereocenters. The topological polar surface area (TPSA) is 21.7 Å². The number of hydrogen-bond donors (Lipinski definition) is 0. The second kappa shape index (κ2) is 6.29. The molecule has 1 atom stereocenters. The molecule has 3 rings (SSSR count). The van der Waals surface area contributed by atoms with Crippen molar-refractivity contribution in [2.45, 2.75) is 6.42 Å². The van der Waals surface area contributed by atoms with Crippen LogP contribution in [0.25, 0.3) is 6.08 Å². The molecule has 0 bridgehead atoms. The smallest absolute Gasteiger partial charge is 0.127 e. The summed E-state index contributed by atoms with van der Waals surface area (Å²) in [4.78, 5) is 2.37. The third kappa shape index (κ3) is 3.43. The zero-order chi connectivity index (χ0) is 13.9. The second-order valence-electron chi connectivity index (χ2n) is 5.70. The fourth-order valence-electron chi connectivity index (χ4n) is 2.87. The first-order valence-corrected chi connectivity index (χ1v) is 7.88. The van der Waals surface area contributed by atoms with E-state index in [1.54, 1.807) is 0 Å². The minimum absolute atomic E-state index is 0.687. The summed E-state index contributed by atoms with van der Waals surface area (Å²) in [6.07, 6.45) is 3.45. The maximum atomic E-state index is 5.82. The summed E-state index contributed by atoms with van der Waals surface area (Å²) in [6, 6.07) is 6.15. The van der Waals surface area contributed by atoms with Gasteiger partial charge in [0, 0.05) is 29.7 Å². The molecule has 0 amide bonds. The maximum absolute atomic E-state index is 5.82. The number of benzene rings is 1. The van der Waals surface area contributed by atoms with Gasteiger partial charge in [-0.05, 0) is 49.2 Å². The summed E-state index contributed by atoms with van der Waals surface area (Å²) < 4.78 is 12.3. The van der Waals surface area contributed by atoms with Crippen LogP contribution in [0.5, 0.6) is 5.75 Å². The first kappa shape index (κ1) is 14.1. The number of halogens is 1. The van der Waals surface area contributed by atoms with E-state index in [1.165, 1.54) is 17.6 Å². The highest BCUT2D eigenvalue weighted by atomic mass is 79.9. The van der Waals surface area contributed by atoms with Gasteiger partial charge in [0.25, 0.3) is 0 Å². The van der Waals surface area contributed by atoms with Crippen molar-refractivity contribution in [2.75, 3.05) is 40.0 Å². The molecule has 2 heterocycles. The van der Waals surface area contributed by atoms with Gasteiger partial charge in [0.2, 0.25) is 0 Å². The number of fused-ring (bicyclic) bond motifs is 1. The highest BCUT2D eigenvalue weighted by molar-refractivity contribution is 9.10. The highest BCUT2D eigenvalue weighted by Gasteiger charge is 2.19. The van der Waals surface area contributed by atoms with Crippen LogP contribution in [0.2, 0.25) is 0 Å². The molecule has 0 saturated carbocycles. The van der Waals surface area contributed by atoms with Crippen molar-refractivity contribution in [1.82, 2.24) is 4.90 Å². The first-order chi connectivity index (χ1) is 9.70. The van der Waals surface area contributed by atoms with Crippen molar-refractivity contribution < 1.29 is 9.47 Å². The van der Waals surface area contributed by atoms with E-state index >= 15 is 0 Å². The Bertz CT molecular complexity index is 509. The molecule has 0 aliphatic carbocycles. The minimum atomic E-state index is 0.687. The van der Waals surface area contributed by atoms with Crippen molar-refractivity contribution >= 4 is 22.0 Å². The summed E-state index contributed by atoms with van der Waals surface area (Å²) in [7, 11) is 2.18. The summed E-state index contributed by atoms with van der Waals surface area (Å²) >= 11 is 3.51. The Morgan fingerprint density at radius 3 is 3.10 bits per heavy atom. The molecule has 20 heavy (non-hydrogen) atoms. The van der Waals surface area contributed by atoms with Gasteiger partial charge in [-0.2, -0.15) is 0 Å². The highest BCUT2D eigenvalue weighted by Crippen LogP contribution is 2.29. The molecule has 3 nitrogen and oxygen atoms in total. The lowest BCUT2D eigenvalue weighted by Crippen LogP contribution is -2.29. The van der Waals surface area contributed by atoms with Crippen molar-refractivity contribution in [3.05, 3.63) is 33.8 Å². The zero-order valence-corrected chi connectivity index (χ0v) is 13.4. The normalized spacial score (nSPS) is 21.6. The Morgan fingerprint density at radius 1 is 1.40 bits per heavy atom. The fourth-order valence-corrected chi connectivity index (χ4v) is 3.25. The summed E-state index contributed by atoms with van der Waals surface area (Å²) in [5.74, 6) is 1.66. The molecule has 2 aliphatic rings. The third-order valence-corrected chi connectivity index (χ3v) is 4.30. The van der Waals surface area contributed by atoms with Crippen molar-refractivity contribution in [2.24, 2.45) is 5.92 Å². The van der Waals surface area contributed by atoms with Gasteiger partial charge < -0.3 is 14.4 Å². The van der Waals surface area contributed by atoms with E-state index in [0.717, 1.165) is 36.5 Å². The van der Waals surface area contributed by atoms with E-state index < -0.39 is 0 Å². The molecule has 1 saturated heterocycles. The number of nitrogens with zero attached hydrogens (tertiary/aromatic N) is 1. The van der Waals surface area contributed by atoms with Crippen LogP contribution >= 0.6 is 15.9 Å². The molecule has 1 aromatic carbocycles. The van der Waals surface area contributed by atoms with E-state index in [0.29, 0.717) is 12.5 Å². The molecule has 1 aromatic rings. The lowest BCUT2D eigenvalue weighted by Gasteiger charge is -2.24. The lowest BCUT2D eigenvalue weighted by atomic mass is 10.1. The van der Waals surface area contributed by atoms with Crippen LogP contribution in [0.3, 0.4) is 0 Å². The van der Waals surface area contributed by atoms with E-state index in [9.17, 15) is 0 Å². The van der Waals surface area contributed by atoms with Gasteiger partial charge in [-0.3, -0.25) is 0 Å². The second-order valence-corrected chi connectivity index (χ2v) is 6.62. The van der Waals surface area contributed by atoms with Crippen LogP contribution in [0, 0.1) is 5.92 Å². The van der Waals surface area contributed by atoms with Crippen molar-refractivity contribution in [1.29, 1.82) is 0 Å². The Morgan fingerprint density at radius 2 is 2.30 bits per heavy atom. The Kier molecular flexibility index (Phi) is 4.44. The summed E-state index contributed by atoms with van der Waals surface area (Å²) in [5.41, 5.74) is 2.50. The van der Waals surface area contributed by atoms with E-state index in [4.69, 9.17) is 9.47 Å². The monoisotopic (exact) mass is 337 g/mol. The molecule has 2 aliphatic heterocycles. The summed E-state index contributed by atoms with van der Waals surface area (Å²) in [6.45, 7) is 4.59. The van der Waals surface area contributed by atoms with E-state index in [1.807, 2.05) is 12.1 Å². The molecule has 108 valence electrons. The zero-order valence-electron chi connectivity index (χ0n) is 11.8. The molecular formula is C16H20BrNO2. The number of rotatable bonds is 4. The lowest BCUT2D eigenvalue weighted by molar-refractivity contribution is 0.175. The fraction of sp³-hybridized carbons (Fsp3) is 0.500. The standard InChI is InChI=1S/C16H20BrNO2/c1-18(8-12-4-5-19-10-12)9-13-6-14-7-15(17)2-3-16(14)20-11-13/h2-3,6-7,12H,4-5,8-11H2,1H3/t12-/m0/s1. The first-order valence-electron chi connectivity index (χ1n) is 7.09. The van der Waals surface area contributed by atoms with Gasteiger partial charge in [-0.15, -0.1) is 0 Å². The van der Waals surface area contributed by atoms with E-state index in [2.05, 4.69) is 40.0 Å². The quantitative estimate of drug-likeness (QED) is 0.842. The molecule has 4 heteroatoms. The molecular weight excluding hydrogens is 318 g/mol. The summed E-state index contributed by atoms with van der Waals surface area (Å²) in [5, 5.41) is 0. The number of likely N-dealkylation sites (N-methyl/N-ethyl adjacent to an activating group) is 1. The maximum Gasteiger partial charge on any atom is 0.127 e. The molecule has 0 aromatic heterocycles. The van der Waals surface area contributed by atoms with Crippen molar-refractivity contribution in [3.8, 4) is 5.75 Å². The number of ether oxygens (including phenoxy) is 2. The van der Waals surface area contributed by atoms with Crippen LogP contribution in [-0.4, -0.2) is 44.9 Å². The Balaban J connectivity index is 1.62. The van der Waals surface area contributed by atoms with Gasteiger partial charge in [0.1, 0.15) is 12.4 Å². The van der Waals surface area contributed by atoms with Gasteiger partial charge >= 0.3 is 0 Å². The average molecular weight is 338 g/mol. The Labute approximate surface area is 128 Å². The van der Waals surface area contributed by atoms with Gasteiger partial charge in [-0.25, -0.2) is 0 Å². The average Bonchev–Trinajstić information content (AvgIpc) is 2.91. The SMILES string of the molecule is CN(CC1=Cc2cc(Br)ccc2OC1)C[C@@H]1CCOC1. The van der Waals surface area contributed by atoms with Crippen LogP contribution in [0.1, 0.15) is 12.0 Å². The van der Waals surface area contributed by atoms with Crippen molar-refractivity contribution in [3.63, 3.8) is 0 Å². The molecule has 1 fully saturated rings. The minimum Gasteiger partial charge on any atom is -0.489 e. The van der Waals surface area contributed by atoms with E-state index in [-0.39, 0.29) is 0 Å². The third-order valence-electron chi connectivity index (χ3n) is 3.81. The molecule has 0 radical (unpaired) electrons. The van der Waals surface area contributed by atoms with Crippen LogP contribution in [0.4, 0.5) is 0 Å². The predicted molar refractivity (Wildman–Crippen MR) is 84.0 cm³/mol. The van der Waals surface area contributed by atoms with Gasteiger partial charge in [-0.1, -0.05) is 15.9 Å². The van der Waals surface area contributed by atoms with Crippen LogP contribution < -0.4 is 4.74 Å². The van der Waals surface area contributed by atoms with Crippen LogP contribution in [-0.2, 0) is 4.74 Å². The number of hydrogen-bond acceptors (Lipinski definition) is 3. The van der Waals surface area contributed by atoms with Gasteiger partial charge in [0.05, 0.1) is 6.61 Å². The Hall–Kier alpha value is -0.840. The van der Waals surface area contributed by atoms with Gasteiger partial charge in [0.15, 0.2) is 0 Å². The van der Waals surface area contributed by atoms with Crippen LogP contribution in [0.15, 0.2) is 28.2 Å².